The van der Waals surface area contributed by atoms with Crippen LogP contribution in [0.5, 0.6) is 0 Å². The topological polar surface area (TPSA) is 74.2 Å². The van der Waals surface area contributed by atoms with Crippen molar-refractivity contribution >= 4 is 42.4 Å². The van der Waals surface area contributed by atoms with Crippen molar-refractivity contribution in [2.45, 2.75) is 200 Å². The van der Waals surface area contributed by atoms with Gasteiger partial charge in [0.25, 0.3) is 0 Å². The zero-order valence-electron chi connectivity index (χ0n) is 33.4. The van der Waals surface area contributed by atoms with E-state index in [0.29, 0.717) is 27.5 Å². The molecular formula is C40H81NO6PS2+. The Hall–Kier alpha value is -0.150. The molecule has 0 aliphatic heterocycles. The first kappa shape index (κ1) is 49.9. The molecule has 0 bridgehead atoms. The molecule has 10 heteroatoms. The van der Waals surface area contributed by atoms with Crippen molar-refractivity contribution in [1.29, 1.82) is 0 Å². The molecule has 2 atom stereocenters. The number of nitrogens with zero attached hydrogens (tertiary/aromatic N) is 1. The highest BCUT2D eigenvalue weighted by atomic mass is 32.1. The van der Waals surface area contributed by atoms with Crippen LogP contribution in [-0.4, -0.2) is 73.1 Å². The second kappa shape index (κ2) is 34.6. The van der Waals surface area contributed by atoms with Crippen molar-refractivity contribution < 1.29 is 32.5 Å². The fourth-order valence-corrected chi connectivity index (χ4v) is 7.07. The predicted octanol–water partition coefficient (Wildman–Crippen LogP) is 12.8. The van der Waals surface area contributed by atoms with Crippen LogP contribution in [0, 0.1) is 0 Å². The van der Waals surface area contributed by atoms with Gasteiger partial charge in [-0.25, -0.2) is 4.57 Å². The van der Waals surface area contributed by atoms with Gasteiger partial charge >= 0.3 is 7.82 Å². The van der Waals surface area contributed by atoms with Crippen molar-refractivity contribution in [1.82, 2.24) is 0 Å². The van der Waals surface area contributed by atoms with Crippen LogP contribution >= 0.6 is 32.3 Å². The summed E-state index contributed by atoms with van der Waals surface area (Å²) in [5.74, 6) is 0. The molecule has 1 unspecified atom stereocenters. The van der Waals surface area contributed by atoms with Gasteiger partial charge in [0.1, 0.15) is 19.8 Å². The smallest absolute Gasteiger partial charge is 0.472 e. The molecule has 0 saturated heterocycles. The number of quaternary nitrogens is 1. The van der Waals surface area contributed by atoms with Gasteiger partial charge in [-0.15, -0.1) is 0 Å². The molecule has 0 aliphatic carbocycles. The van der Waals surface area contributed by atoms with Crippen LogP contribution in [0.25, 0.3) is 0 Å². The first-order chi connectivity index (χ1) is 24.0. The Labute approximate surface area is 320 Å². The highest BCUT2D eigenvalue weighted by Crippen LogP contribution is 2.43. The zero-order chi connectivity index (χ0) is 37.2. The van der Waals surface area contributed by atoms with Crippen molar-refractivity contribution in [3.05, 3.63) is 0 Å². The lowest BCUT2D eigenvalue weighted by Crippen LogP contribution is -2.37. The number of hydrogen-bond donors (Lipinski definition) is 1. The summed E-state index contributed by atoms with van der Waals surface area (Å²) in [6.07, 6.45) is 34.5. The van der Waals surface area contributed by atoms with E-state index in [2.05, 4.69) is 13.8 Å². The Morgan fingerprint density at radius 2 is 0.920 bits per heavy atom. The average molecular weight is 767 g/mol. The van der Waals surface area contributed by atoms with Gasteiger partial charge in [0.15, 0.2) is 16.2 Å². The number of unbranched alkanes of at least 4 members (excludes halogenated alkanes) is 24. The summed E-state index contributed by atoms with van der Waals surface area (Å²) >= 11 is 11.1. The summed E-state index contributed by atoms with van der Waals surface area (Å²) in [7, 11) is 1.74. The molecule has 0 aromatic carbocycles. The van der Waals surface area contributed by atoms with Crippen LogP contribution in [0.4, 0.5) is 0 Å². The first-order valence-electron chi connectivity index (χ1n) is 20.8. The Balaban J connectivity index is 4.36. The van der Waals surface area contributed by atoms with Gasteiger partial charge in [-0.05, 0) is 37.3 Å². The Bertz CT molecular complexity index is 841. The SMILES string of the molecule is CCCCCCCCCCCCCCCC(=S)OC[C@H](COP(=O)(O)OCC[N+](C)(C)C)OC(=S)CCCCCCCCCCCCCCC. The minimum Gasteiger partial charge on any atom is -0.483 e. The number of likely N-dealkylation sites (N-methyl/N-ethyl adjacent to an activating group) is 1. The molecule has 0 aromatic heterocycles. The summed E-state index contributed by atoms with van der Waals surface area (Å²) in [6.45, 7) is 5.18. The van der Waals surface area contributed by atoms with E-state index < -0.39 is 13.9 Å². The third-order valence-electron chi connectivity index (χ3n) is 9.14. The van der Waals surface area contributed by atoms with Gasteiger partial charge in [0.2, 0.25) is 0 Å². The first-order valence-corrected chi connectivity index (χ1v) is 23.1. The van der Waals surface area contributed by atoms with Crippen molar-refractivity contribution in [3.8, 4) is 0 Å². The summed E-state index contributed by atoms with van der Waals surface area (Å²) in [5.41, 5.74) is 0. The summed E-state index contributed by atoms with van der Waals surface area (Å²) in [5, 5.41) is 1.02. The number of phosphoric acid groups is 1. The van der Waals surface area contributed by atoms with Gasteiger partial charge in [0.05, 0.1) is 27.7 Å². The molecule has 0 amide bonds. The molecule has 0 aromatic rings. The standard InChI is InChI=1S/C40H80NO6PS2/c1-6-8-10-12-14-16-18-20-22-24-26-28-30-32-39(49)44-36-38(37-46-48(42,43)45-35-34-41(3,4)5)47-40(50)33-31-29-27-25-23-21-19-17-15-13-11-9-7-2/h38H,6-37H2,1-5H3/p+1/t38-/m1/s1. The van der Waals surface area contributed by atoms with E-state index >= 15 is 0 Å². The largest absolute Gasteiger partial charge is 0.483 e. The van der Waals surface area contributed by atoms with E-state index in [9.17, 15) is 9.46 Å². The van der Waals surface area contributed by atoms with Gasteiger partial charge in [-0.2, -0.15) is 0 Å². The molecule has 0 heterocycles. The minimum absolute atomic E-state index is 0.111. The van der Waals surface area contributed by atoms with Crippen molar-refractivity contribution in [2.75, 3.05) is 47.5 Å². The molecule has 50 heavy (non-hydrogen) atoms. The number of thiocarbonyl (C=S) groups is 2. The molecule has 298 valence electrons. The molecule has 0 spiro atoms. The van der Waals surface area contributed by atoms with Crippen LogP contribution in [0.15, 0.2) is 0 Å². The number of ether oxygens (including phenoxy) is 2. The Kier molecular flexibility index (Phi) is 34.5. The normalized spacial score (nSPS) is 13.6. The monoisotopic (exact) mass is 767 g/mol. The lowest BCUT2D eigenvalue weighted by Gasteiger charge is -2.24. The summed E-state index contributed by atoms with van der Waals surface area (Å²) < 4.78 is 35.5. The van der Waals surface area contributed by atoms with E-state index in [0.717, 1.165) is 32.1 Å². The lowest BCUT2D eigenvalue weighted by molar-refractivity contribution is -0.870. The van der Waals surface area contributed by atoms with Crippen LogP contribution in [0.1, 0.15) is 194 Å². The third-order valence-corrected chi connectivity index (χ3v) is 10.7. The fourth-order valence-electron chi connectivity index (χ4n) is 5.84. The predicted molar refractivity (Wildman–Crippen MR) is 221 cm³/mol. The van der Waals surface area contributed by atoms with E-state index in [1.807, 2.05) is 21.1 Å². The van der Waals surface area contributed by atoms with Crippen LogP contribution in [0.2, 0.25) is 0 Å². The zero-order valence-corrected chi connectivity index (χ0v) is 35.9. The highest BCUT2D eigenvalue weighted by molar-refractivity contribution is 7.80. The molecule has 7 nitrogen and oxygen atoms in total. The molecule has 1 N–H and O–H groups in total. The van der Waals surface area contributed by atoms with E-state index in [1.54, 1.807) is 0 Å². The average Bonchev–Trinajstić information content (AvgIpc) is 3.06. The van der Waals surface area contributed by atoms with Crippen molar-refractivity contribution in [3.63, 3.8) is 0 Å². The number of phosphoric ester groups is 1. The minimum atomic E-state index is -4.24. The molecular weight excluding hydrogens is 686 g/mol. The molecule has 0 aliphatic rings. The number of hydrogen-bond acceptors (Lipinski definition) is 7. The summed E-state index contributed by atoms with van der Waals surface area (Å²) in [6, 6.07) is 0. The highest BCUT2D eigenvalue weighted by Gasteiger charge is 2.26. The van der Waals surface area contributed by atoms with Gasteiger partial charge < -0.3 is 18.9 Å². The maximum Gasteiger partial charge on any atom is 0.472 e. The second-order valence-corrected chi connectivity index (χ2v) is 17.8. The molecule has 0 radical (unpaired) electrons. The van der Waals surface area contributed by atoms with Crippen LogP contribution in [0.3, 0.4) is 0 Å². The molecule has 0 saturated carbocycles. The maximum atomic E-state index is 12.5. The maximum absolute atomic E-state index is 12.5. The van der Waals surface area contributed by atoms with Crippen LogP contribution < -0.4 is 0 Å². The molecule has 0 fully saturated rings. The van der Waals surface area contributed by atoms with E-state index in [-0.39, 0.29) is 19.8 Å². The van der Waals surface area contributed by atoms with Crippen molar-refractivity contribution in [2.24, 2.45) is 0 Å². The van der Waals surface area contributed by atoms with Gasteiger partial charge in [-0.3, -0.25) is 9.05 Å². The Morgan fingerprint density at radius 1 is 0.560 bits per heavy atom. The van der Waals surface area contributed by atoms with E-state index in [1.165, 1.54) is 141 Å². The van der Waals surface area contributed by atoms with E-state index in [4.69, 9.17) is 43.0 Å². The number of rotatable bonds is 38. The Morgan fingerprint density at radius 3 is 1.30 bits per heavy atom. The lowest BCUT2D eigenvalue weighted by atomic mass is 10.0. The van der Waals surface area contributed by atoms with Gasteiger partial charge in [-0.1, -0.05) is 168 Å². The summed E-state index contributed by atoms with van der Waals surface area (Å²) in [4.78, 5) is 10.2. The molecule has 0 rings (SSSR count). The third kappa shape index (κ3) is 37.6. The quantitative estimate of drug-likeness (QED) is 0.0288. The van der Waals surface area contributed by atoms with Crippen LogP contribution in [-0.2, 0) is 23.1 Å². The fraction of sp³-hybridized carbons (Fsp3) is 0.950. The second-order valence-electron chi connectivity index (χ2n) is 15.4. The van der Waals surface area contributed by atoms with Gasteiger partial charge in [0, 0.05) is 12.8 Å².